The molecule has 0 aliphatic carbocycles. The Hall–Kier alpha value is -3.66. The Morgan fingerprint density at radius 3 is 0.944 bits per heavy atom. The number of hydrogen-bond donors (Lipinski definition) is 0. The Kier molecular flexibility index (Phi) is 22.2. The van der Waals surface area contributed by atoms with Crippen LogP contribution in [0.25, 0.3) is 33.6 Å². The second kappa shape index (κ2) is 27.9. The van der Waals surface area contributed by atoms with Crippen LogP contribution < -0.4 is 9.47 Å². The highest BCUT2D eigenvalue weighted by molar-refractivity contribution is 5.73. The zero-order valence-electron chi connectivity index (χ0n) is 34.2. The molecule has 0 aliphatic rings. The summed E-state index contributed by atoms with van der Waals surface area (Å²) in [5.41, 5.74) is 6.26. The highest BCUT2D eigenvalue weighted by Gasteiger charge is 2.08. The molecule has 0 N–H and O–H groups in total. The van der Waals surface area contributed by atoms with E-state index in [1.54, 1.807) is 0 Å². The van der Waals surface area contributed by atoms with Gasteiger partial charge in [-0.05, 0) is 83.6 Å². The lowest BCUT2D eigenvalue weighted by Crippen LogP contribution is -1.97. The smallest absolute Gasteiger partial charge is 0.119 e. The molecule has 4 nitrogen and oxygen atoms in total. The van der Waals surface area contributed by atoms with Gasteiger partial charge in [0.05, 0.1) is 24.6 Å². The van der Waals surface area contributed by atoms with E-state index in [1.807, 2.05) is 12.4 Å². The van der Waals surface area contributed by atoms with E-state index in [2.05, 4.69) is 96.6 Å². The summed E-state index contributed by atoms with van der Waals surface area (Å²) >= 11 is 0. The lowest BCUT2D eigenvalue weighted by Gasteiger charge is -2.10. The number of nitrogens with zero attached hydrogens (tertiary/aromatic N) is 2. The number of ether oxygens (including phenoxy) is 2. The van der Waals surface area contributed by atoms with Crippen molar-refractivity contribution in [2.75, 3.05) is 13.2 Å². The van der Waals surface area contributed by atoms with Gasteiger partial charge in [-0.15, -0.1) is 0 Å². The van der Waals surface area contributed by atoms with Gasteiger partial charge < -0.3 is 9.47 Å². The normalized spacial score (nSPS) is 11.2. The fraction of sp³-hybridized carbons (Fsp3) is 0.560. The molecule has 2 aromatic heterocycles. The Labute approximate surface area is 329 Å². The summed E-state index contributed by atoms with van der Waals surface area (Å²) in [7, 11) is 0. The van der Waals surface area contributed by atoms with Gasteiger partial charge in [-0.3, -0.25) is 9.97 Å². The maximum absolute atomic E-state index is 6.07. The van der Waals surface area contributed by atoms with Gasteiger partial charge in [-0.25, -0.2) is 0 Å². The Balaban J connectivity index is 1.12. The van der Waals surface area contributed by atoms with E-state index in [-0.39, 0.29) is 0 Å². The van der Waals surface area contributed by atoms with Crippen molar-refractivity contribution >= 4 is 0 Å². The van der Waals surface area contributed by atoms with Crippen molar-refractivity contribution in [3.63, 3.8) is 0 Å². The first-order valence-corrected chi connectivity index (χ1v) is 22.2. The van der Waals surface area contributed by atoms with Gasteiger partial charge in [0.25, 0.3) is 0 Å². The molecule has 2 aromatic carbocycles. The van der Waals surface area contributed by atoms with E-state index in [1.165, 1.54) is 141 Å². The van der Waals surface area contributed by atoms with Crippen LogP contribution in [0.3, 0.4) is 0 Å². The third-order valence-electron chi connectivity index (χ3n) is 10.7. The molecular formula is C50H72N2O2. The summed E-state index contributed by atoms with van der Waals surface area (Å²) in [6.45, 7) is 6.14. The van der Waals surface area contributed by atoms with Crippen LogP contribution in [-0.4, -0.2) is 23.2 Å². The molecule has 4 aromatic rings. The predicted octanol–water partition coefficient (Wildman–Crippen LogP) is 15.6. The van der Waals surface area contributed by atoms with Crippen molar-refractivity contribution in [1.29, 1.82) is 0 Å². The Morgan fingerprint density at radius 2 is 0.630 bits per heavy atom. The maximum Gasteiger partial charge on any atom is 0.119 e. The fourth-order valence-corrected chi connectivity index (χ4v) is 7.25. The molecule has 0 fully saturated rings. The number of benzene rings is 2. The van der Waals surface area contributed by atoms with E-state index in [0.29, 0.717) is 0 Å². The molecule has 0 spiro atoms. The molecule has 2 heterocycles. The zero-order valence-corrected chi connectivity index (χ0v) is 34.2. The minimum absolute atomic E-state index is 0.785. The van der Waals surface area contributed by atoms with Crippen molar-refractivity contribution in [3.8, 4) is 45.1 Å². The molecule has 0 aliphatic heterocycles. The molecule has 54 heavy (non-hydrogen) atoms. The van der Waals surface area contributed by atoms with E-state index in [9.17, 15) is 0 Å². The van der Waals surface area contributed by atoms with Crippen molar-refractivity contribution in [2.45, 2.75) is 168 Å². The van der Waals surface area contributed by atoms with Gasteiger partial charge in [0.1, 0.15) is 11.5 Å². The minimum Gasteiger partial charge on any atom is -0.494 e. The highest BCUT2D eigenvalue weighted by atomic mass is 16.5. The van der Waals surface area contributed by atoms with Crippen LogP contribution >= 0.6 is 0 Å². The van der Waals surface area contributed by atoms with Gasteiger partial charge in [0.15, 0.2) is 0 Å². The van der Waals surface area contributed by atoms with Gasteiger partial charge >= 0.3 is 0 Å². The average molecular weight is 733 g/mol. The number of aromatic nitrogens is 2. The molecule has 294 valence electrons. The lowest BCUT2D eigenvalue weighted by atomic mass is 10.0. The number of hydrogen-bond acceptors (Lipinski definition) is 4. The molecule has 0 amide bonds. The van der Waals surface area contributed by atoms with E-state index in [4.69, 9.17) is 9.47 Å². The van der Waals surface area contributed by atoms with Crippen molar-refractivity contribution < 1.29 is 9.47 Å². The van der Waals surface area contributed by atoms with Crippen LogP contribution in [-0.2, 0) is 0 Å². The van der Waals surface area contributed by atoms with Gasteiger partial charge in [-0.1, -0.05) is 179 Å². The van der Waals surface area contributed by atoms with Crippen LogP contribution in [0.2, 0.25) is 0 Å². The number of pyridine rings is 2. The van der Waals surface area contributed by atoms with Crippen molar-refractivity contribution in [3.05, 3.63) is 85.2 Å². The fourth-order valence-electron chi connectivity index (χ4n) is 7.25. The number of unbranched alkanes of at least 4 members (excludes halogenated alkanes) is 22. The topological polar surface area (TPSA) is 44.2 Å². The first kappa shape index (κ1) is 43.1. The SMILES string of the molecule is CCCCCCCCCCCCCCOc1ccc(-c2ccnc(-c3cc(-c4ccc(OCCCCCCCCCCCCCC)cc4)ccn3)c2)cc1. The Morgan fingerprint density at radius 1 is 0.333 bits per heavy atom. The lowest BCUT2D eigenvalue weighted by molar-refractivity contribution is 0.304. The van der Waals surface area contributed by atoms with E-state index < -0.39 is 0 Å². The third kappa shape index (κ3) is 17.7. The molecule has 0 unspecified atom stereocenters. The van der Waals surface area contributed by atoms with Crippen LogP contribution in [0, 0.1) is 0 Å². The molecule has 0 atom stereocenters. The van der Waals surface area contributed by atoms with Crippen LogP contribution in [0.5, 0.6) is 11.5 Å². The second-order valence-corrected chi connectivity index (χ2v) is 15.4. The van der Waals surface area contributed by atoms with Crippen molar-refractivity contribution in [2.24, 2.45) is 0 Å². The second-order valence-electron chi connectivity index (χ2n) is 15.4. The summed E-state index contributed by atoms with van der Waals surface area (Å²) in [4.78, 5) is 9.36. The summed E-state index contributed by atoms with van der Waals surface area (Å²) in [5, 5.41) is 0. The quantitative estimate of drug-likeness (QED) is 0.0483. The molecule has 0 saturated carbocycles. The van der Waals surface area contributed by atoms with Crippen LogP contribution in [0.15, 0.2) is 85.2 Å². The minimum atomic E-state index is 0.785. The molecule has 0 bridgehead atoms. The van der Waals surface area contributed by atoms with Gasteiger partial charge in [-0.2, -0.15) is 0 Å². The summed E-state index contributed by atoms with van der Waals surface area (Å²) < 4.78 is 12.1. The molecule has 4 heteroatoms. The number of rotatable bonds is 31. The van der Waals surface area contributed by atoms with Crippen LogP contribution in [0.4, 0.5) is 0 Å². The molecule has 0 radical (unpaired) electrons. The maximum atomic E-state index is 6.07. The zero-order chi connectivity index (χ0) is 37.7. The first-order valence-electron chi connectivity index (χ1n) is 22.2. The highest BCUT2D eigenvalue weighted by Crippen LogP contribution is 2.29. The van der Waals surface area contributed by atoms with Gasteiger partial charge in [0, 0.05) is 12.4 Å². The van der Waals surface area contributed by atoms with E-state index in [0.717, 1.165) is 71.2 Å². The van der Waals surface area contributed by atoms with Crippen LogP contribution in [0.1, 0.15) is 168 Å². The largest absolute Gasteiger partial charge is 0.494 e. The van der Waals surface area contributed by atoms with Gasteiger partial charge in [0.2, 0.25) is 0 Å². The molecule has 0 saturated heterocycles. The monoisotopic (exact) mass is 733 g/mol. The first-order chi connectivity index (χ1) is 26.8. The standard InChI is InChI=1S/C50H72N2O2/c1-3-5-7-9-11-13-15-17-19-21-23-25-39-53-47-31-27-43(28-32-47)45-35-37-51-49(41-45)50-42-46(36-38-52-50)44-29-33-48(34-30-44)54-40-26-24-22-20-18-16-14-12-10-8-6-4-2/h27-38,41-42H,3-26,39-40H2,1-2H3. The average Bonchev–Trinajstić information content (AvgIpc) is 3.22. The summed E-state index contributed by atoms with van der Waals surface area (Å²) in [6, 6.07) is 25.3. The van der Waals surface area contributed by atoms with E-state index >= 15 is 0 Å². The summed E-state index contributed by atoms with van der Waals surface area (Å²) in [5.74, 6) is 1.87. The predicted molar refractivity (Wildman–Crippen MR) is 231 cm³/mol. The Bertz CT molecular complexity index is 1390. The third-order valence-corrected chi connectivity index (χ3v) is 10.7. The summed E-state index contributed by atoms with van der Waals surface area (Å²) in [6.07, 6.45) is 36.3. The molecule has 4 rings (SSSR count). The molecular weight excluding hydrogens is 661 g/mol. The van der Waals surface area contributed by atoms with Crippen molar-refractivity contribution in [1.82, 2.24) is 9.97 Å².